The van der Waals surface area contributed by atoms with E-state index in [0.717, 1.165) is 24.1 Å². The van der Waals surface area contributed by atoms with Crippen LogP contribution in [0.2, 0.25) is 0 Å². The van der Waals surface area contributed by atoms with Crippen LogP contribution in [-0.2, 0) is 20.9 Å². The smallest absolute Gasteiger partial charge is 0.225 e. The van der Waals surface area contributed by atoms with E-state index in [-0.39, 0.29) is 23.8 Å². The lowest BCUT2D eigenvalue weighted by atomic mass is 9.82. The van der Waals surface area contributed by atoms with Crippen molar-refractivity contribution in [2.75, 3.05) is 26.8 Å². The number of carbonyl (C=O) groups excluding carboxylic acids is 2. The van der Waals surface area contributed by atoms with E-state index < -0.39 is 0 Å². The molecule has 1 N–H and O–H groups in total. The summed E-state index contributed by atoms with van der Waals surface area (Å²) in [5, 5.41) is 3.08. The Morgan fingerprint density at radius 1 is 1.31 bits per heavy atom. The summed E-state index contributed by atoms with van der Waals surface area (Å²) < 4.78 is 7.21. The van der Waals surface area contributed by atoms with Crippen LogP contribution >= 0.6 is 0 Å². The standard InChI is InChI=1S/C22H30N4O3/c1-17-6-3-4-7-18(17)21-19(8-9-20(27)26(21)14-15-29-2)22(28)24-10-5-12-25-13-11-23-16-25/h3-4,6-7,11,13,16,19,21H,5,8-10,12,14-15H2,1-2H3,(H,24,28)/t19-,21+/m1/s1. The molecule has 7 nitrogen and oxygen atoms in total. The van der Waals surface area contributed by atoms with E-state index in [1.54, 1.807) is 19.6 Å². The Kier molecular flexibility index (Phi) is 7.41. The van der Waals surface area contributed by atoms with Gasteiger partial charge in [0.15, 0.2) is 0 Å². The second-order valence-electron chi connectivity index (χ2n) is 7.47. The molecule has 2 heterocycles. The zero-order chi connectivity index (χ0) is 20.6. The highest BCUT2D eigenvalue weighted by Gasteiger charge is 2.40. The van der Waals surface area contributed by atoms with Crippen LogP contribution in [0.1, 0.15) is 36.4 Å². The molecule has 1 aromatic carbocycles. The van der Waals surface area contributed by atoms with Gasteiger partial charge < -0.3 is 19.5 Å². The first-order chi connectivity index (χ1) is 14.1. The number of benzene rings is 1. The fourth-order valence-corrected chi connectivity index (χ4v) is 4.01. The number of likely N-dealkylation sites (tertiary alicyclic amines) is 1. The molecule has 2 atom stereocenters. The Labute approximate surface area is 172 Å². The number of aryl methyl sites for hydroxylation is 2. The fraction of sp³-hybridized carbons (Fsp3) is 0.500. The lowest BCUT2D eigenvalue weighted by Crippen LogP contribution is -2.49. The number of methoxy groups -OCH3 is 1. The molecular formula is C22H30N4O3. The van der Waals surface area contributed by atoms with Crippen LogP contribution in [0.15, 0.2) is 43.0 Å². The number of nitrogens with zero attached hydrogens (tertiary/aromatic N) is 3. The molecule has 0 aliphatic carbocycles. The van der Waals surface area contributed by atoms with Gasteiger partial charge in [-0.05, 0) is 30.9 Å². The summed E-state index contributed by atoms with van der Waals surface area (Å²) in [6, 6.07) is 7.74. The van der Waals surface area contributed by atoms with Gasteiger partial charge in [-0.25, -0.2) is 4.98 Å². The van der Waals surface area contributed by atoms with E-state index in [1.807, 2.05) is 46.9 Å². The summed E-state index contributed by atoms with van der Waals surface area (Å²) in [6.07, 6.45) is 7.22. The van der Waals surface area contributed by atoms with E-state index >= 15 is 0 Å². The second kappa shape index (κ2) is 10.2. The Bertz CT molecular complexity index is 806. The summed E-state index contributed by atoms with van der Waals surface area (Å²) in [7, 11) is 1.63. The predicted octanol–water partition coefficient (Wildman–Crippen LogP) is 2.32. The number of hydrogen-bond acceptors (Lipinski definition) is 4. The van der Waals surface area contributed by atoms with Gasteiger partial charge in [0.2, 0.25) is 11.8 Å². The highest BCUT2D eigenvalue weighted by atomic mass is 16.5. The largest absolute Gasteiger partial charge is 0.383 e. The molecule has 156 valence electrons. The molecule has 2 aromatic rings. The van der Waals surface area contributed by atoms with Crippen LogP contribution < -0.4 is 5.32 Å². The Morgan fingerprint density at radius 3 is 2.86 bits per heavy atom. The van der Waals surface area contributed by atoms with E-state index in [4.69, 9.17) is 4.74 Å². The molecule has 0 saturated carbocycles. The molecule has 1 fully saturated rings. The first kappa shape index (κ1) is 21.0. The number of piperidine rings is 1. The van der Waals surface area contributed by atoms with Crippen LogP contribution in [0.3, 0.4) is 0 Å². The summed E-state index contributed by atoms with van der Waals surface area (Å²) >= 11 is 0. The Morgan fingerprint density at radius 2 is 2.14 bits per heavy atom. The molecule has 1 saturated heterocycles. The maximum Gasteiger partial charge on any atom is 0.225 e. The number of rotatable bonds is 9. The van der Waals surface area contributed by atoms with E-state index in [0.29, 0.717) is 32.5 Å². The third-order valence-corrected chi connectivity index (χ3v) is 5.54. The SMILES string of the molecule is COCCN1C(=O)CC[C@@H](C(=O)NCCCn2ccnc2)[C@@H]1c1ccccc1C. The molecule has 0 unspecified atom stereocenters. The molecular weight excluding hydrogens is 368 g/mol. The Hall–Kier alpha value is -2.67. The molecule has 29 heavy (non-hydrogen) atoms. The zero-order valence-corrected chi connectivity index (χ0v) is 17.2. The maximum absolute atomic E-state index is 13.1. The van der Waals surface area contributed by atoms with Crippen LogP contribution in [0, 0.1) is 12.8 Å². The highest BCUT2D eigenvalue weighted by Crippen LogP contribution is 2.38. The van der Waals surface area contributed by atoms with Gasteiger partial charge in [0.05, 0.1) is 24.9 Å². The summed E-state index contributed by atoms with van der Waals surface area (Å²) in [5.74, 6) is -0.169. The van der Waals surface area contributed by atoms with Crippen molar-refractivity contribution in [2.24, 2.45) is 5.92 Å². The van der Waals surface area contributed by atoms with Gasteiger partial charge >= 0.3 is 0 Å². The number of imidazole rings is 1. The van der Waals surface area contributed by atoms with Crippen molar-refractivity contribution in [3.05, 3.63) is 54.1 Å². The van der Waals surface area contributed by atoms with Gasteiger partial charge in [-0.1, -0.05) is 24.3 Å². The molecule has 1 aliphatic rings. The lowest BCUT2D eigenvalue weighted by Gasteiger charge is -2.41. The third-order valence-electron chi connectivity index (χ3n) is 5.54. The normalized spacial score (nSPS) is 19.4. The zero-order valence-electron chi connectivity index (χ0n) is 17.2. The van der Waals surface area contributed by atoms with E-state index in [2.05, 4.69) is 10.3 Å². The fourth-order valence-electron chi connectivity index (χ4n) is 4.01. The van der Waals surface area contributed by atoms with Crippen molar-refractivity contribution in [1.82, 2.24) is 19.8 Å². The van der Waals surface area contributed by atoms with Crippen LogP contribution in [-0.4, -0.2) is 53.1 Å². The van der Waals surface area contributed by atoms with Crippen molar-refractivity contribution in [2.45, 2.75) is 38.8 Å². The molecule has 3 rings (SSSR count). The first-order valence-electron chi connectivity index (χ1n) is 10.2. The van der Waals surface area contributed by atoms with Gasteiger partial charge in [0.25, 0.3) is 0 Å². The van der Waals surface area contributed by atoms with Gasteiger partial charge in [-0.3, -0.25) is 9.59 Å². The van der Waals surface area contributed by atoms with Crippen molar-refractivity contribution in [3.8, 4) is 0 Å². The van der Waals surface area contributed by atoms with Crippen molar-refractivity contribution >= 4 is 11.8 Å². The topological polar surface area (TPSA) is 76.5 Å². The average molecular weight is 399 g/mol. The highest BCUT2D eigenvalue weighted by molar-refractivity contribution is 5.85. The van der Waals surface area contributed by atoms with E-state index in [1.165, 1.54) is 0 Å². The third kappa shape index (κ3) is 5.23. The number of hydrogen-bond donors (Lipinski definition) is 1. The van der Waals surface area contributed by atoms with Gasteiger partial charge in [-0.15, -0.1) is 0 Å². The Balaban J connectivity index is 1.72. The summed E-state index contributed by atoms with van der Waals surface area (Å²) in [4.78, 5) is 31.6. The lowest BCUT2D eigenvalue weighted by molar-refractivity contribution is -0.144. The molecule has 0 radical (unpaired) electrons. The quantitative estimate of drug-likeness (QED) is 0.658. The summed E-state index contributed by atoms with van der Waals surface area (Å²) in [6.45, 7) is 4.37. The number of amides is 2. The van der Waals surface area contributed by atoms with Gasteiger partial charge in [0, 0.05) is 45.6 Å². The number of carbonyl (C=O) groups is 2. The monoisotopic (exact) mass is 398 g/mol. The molecule has 2 amide bonds. The molecule has 1 aromatic heterocycles. The minimum absolute atomic E-state index is 0.0128. The predicted molar refractivity (Wildman–Crippen MR) is 110 cm³/mol. The molecule has 0 bridgehead atoms. The summed E-state index contributed by atoms with van der Waals surface area (Å²) in [5.41, 5.74) is 2.13. The van der Waals surface area contributed by atoms with Gasteiger partial charge in [0.1, 0.15) is 0 Å². The van der Waals surface area contributed by atoms with Crippen LogP contribution in [0.25, 0.3) is 0 Å². The van der Waals surface area contributed by atoms with Crippen molar-refractivity contribution in [1.29, 1.82) is 0 Å². The average Bonchev–Trinajstić information content (AvgIpc) is 3.24. The number of aromatic nitrogens is 2. The van der Waals surface area contributed by atoms with Crippen LogP contribution in [0.5, 0.6) is 0 Å². The van der Waals surface area contributed by atoms with E-state index in [9.17, 15) is 9.59 Å². The van der Waals surface area contributed by atoms with Crippen LogP contribution in [0.4, 0.5) is 0 Å². The van der Waals surface area contributed by atoms with Crippen molar-refractivity contribution < 1.29 is 14.3 Å². The minimum atomic E-state index is -0.265. The van der Waals surface area contributed by atoms with Crippen molar-refractivity contribution in [3.63, 3.8) is 0 Å². The maximum atomic E-state index is 13.1. The first-order valence-corrected chi connectivity index (χ1v) is 10.2. The second-order valence-corrected chi connectivity index (χ2v) is 7.47. The van der Waals surface area contributed by atoms with Gasteiger partial charge in [-0.2, -0.15) is 0 Å². The number of ether oxygens (including phenoxy) is 1. The molecule has 0 spiro atoms. The molecule has 7 heteroatoms. The number of nitrogens with one attached hydrogen (secondary N) is 1. The molecule has 1 aliphatic heterocycles. The minimum Gasteiger partial charge on any atom is -0.383 e.